The maximum absolute atomic E-state index is 6.15. The Morgan fingerprint density at radius 3 is 2.85 bits per heavy atom. The van der Waals surface area contributed by atoms with Gasteiger partial charge in [-0.05, 0) is 30.7 Å². The average molecular weight is 307 g/mol. The fraction of sp³-hybridized carbons (Fsp3) is 0.200. The van der Waals surface area contributed by atoms with Crippen LogP contribution in [0.4, 0.5) is 0 Å². The molecule has 3 N–H and O–H groups in total. The van der Waals surface area contributed by atoms with Crippen molar-refractivity contribution >= 4 is 33.9 Å². The van der Waals surface area contributed by atoms with Crippen molar-refractivity contribution in [3.05, 3.63) is 56.9 Å². The molecule has 0 aliphatic carbocycles. The summed E-state index contributed by atoms with van der Waals surface area (Å²) in [5.74, 6) is 6.49. The van der Waals surface area contributed by atoms with Crippen LogP contribution in [-0.4, -0.2) is 0 Å². The Morgan fingerprint density at radius 2 is 2.20 bits per heavy atom. The van der Waals surface area contributed by atoms with Gasteiger partial charge in [0.1, 0.15) is 11.8 Å². The Kier molecular flexibility index (Phi) is 3.81. The molecule has 0 fully saturated rings. The van der Waals surface area contributed by atoms with Crippen molar-refractivity contribution in [2.75, 3.05) is 0 Å². The quantitative estimate of drug-likeness (QED) is 0.559. The minimum Gasteiger partial charge on any atom is -0.457 e. The first-order valence-electron chi connectivity index (χ1n) is 6.45. The van der Waals surface area contributed by atoms with Crippen molar-refractivity contribution in [1.29, 1.82) is 0 Å². The summed E-state index contributed by atoms with van der Waals surface area (Å²) < 4.78 is 5.88. The summed E-state index contributed by atoms with van der Waals surface area (Å²) in [5, 5.41) is 1.60. The Bertz CT molecular complexity index is 734. The van der Waals surface area contributed by atoms with Crippen molar-refractivity contribution in [2.45, 2.75) is 19.4 Å². The number of aryl methyl sites for hydroxylation is 1. The van der Waals surface area contributed by atoms with E-state index in [4.69, 9.17) is 21.9 Å². The summed E-state index contributed by atoms with van der Waals surface area (Å²) >= 11 is 7.89. The van der Waals surface area contributed by atoms with E-state index < -0.39 is 0 Å². The van der Waals surface area contributed by atoms with Gasteiger partial charge in [-0.1, -0.05) is 30.7 Å². The molecular weight excluding hydrogens is 292 g/mol. The molecule has 1 aromatic carbocycles. The van der Waals surface area contributed by atoms with E-state index in [-0.39, 0.29) is 6.04 Å². The minimum absolute atomic E-state index is 0.149. The first-order chi connectivity index (χ1) is 9.72. The fourth-order valence-corrected chi connectivity index (χ4v) is 3.48. The second-order valence-electron chi connectivity index (χ2n) is 4.56. The topological polar surface area (TPSA) is 51.2 Å². The molecule has 0 aliphatic heterocycles. The van der Waals surface area contributed by atoms with Crippen molar-refractivity contribution in [1.82, 2.24) is 5.43 Å². The van der Waals surface area contributed by atoms with E-state index in [0.29, 0.717) is 10.6 Å². The third-order valence-corrected chi connectivity index (χ3v) is 4.87. The van der Waals surface area contributed by atoms with Crippen LogP contribution in [0.15, 0.2) is 40.8 Å². The molecule has 0 radical (unpaired) electrons. The number of hydrogen-bond acceptors (Lipinski definition) is 4. The monoisotopic (exact) mass is 306 g/mol. The predicted molar refractivity (Wildman–Crippen MR) is 84.1 cm³/mol. The second-order valence-corrected chi connectivity index (χ2v) is 6.17. The van der Waals surface area contributed by atoms with E-state index in [1.165, 1.54) is 4.88 Å². The fourth-order valence-electron chi connectivity index (χ4n) is 2.23. The third-order valence-electron chi connectivity index (χ3n) is 3.28. The van der Waals surface area contributed by atoms with Gasteiger partial charge >= 0.3 is 0 Å². The standard InChI is InChI=1S/C15H15ClN2OS/c1-2-10-6-7-13(20-10)14(18-17)12-8-9-4-3-5-11(16)15(9)19-12/h3-8,14,18H,2,17H2,1H3. The van der Waals surface area contributed by atoms with Gasteiger partial charge in [0.2, 0.25) is 0 Å². The normalized spacial score (nSPS) is 12.9. The van der Waals surface area contributed by atoms with E-state index in [1.54, 1.807) is 11.3 Å². The lowest BCUT2D eigenvalue weighted by Gasteiger charge is -2.10. The number of para-hydroxylation sites is 1. The molecule has 5 heteroatoms. The number of nitrogens with two attached hydrogens (primary N) is 1. The van der Waals surface area contributed by atoms with Crippen LogP contribution in [0.1, 0.15) is 28.5 Å². The molecule has 20 heavy (non-hydrogen) atoms. The molecule has 0 saturated carbocycles. The van der Waals surface area contributed by atoms with Crippen LogP contribution < -0.4 is 11.3 Å². The van der Waals surface area contributed by atoms with Crippen molar-refractivity contribution in [3.8, 4) is 0 Å². The Balaban J connectivity index is 2.04. The summed E-state index contributed by atoms with van der Waals surface area (Å²) in [4.78, 5) is 2.47. The van der Waals surface area contributed by atoms with E-state index in [9.17, 15) is 0 Å². The zero-order valence-electron chi connectivity index (χ0n) is 11.0. The zero-order valence-corrected chi connectivity index (χ0v) is 12.6. The highest BCUT2D eigenvalue weighted by molar-refractivity contribution is 7.12. The molecule has 2 heterocycles. The summed E-state index contributed by atoms with van der Waals surface area (Å²) in [6.07, 6.45) is 1.02. The van der Waals surface area contributed by atoms with Crippen molar-refractivity contribution in [3.63, 3.8) is 0 Å². The lowest BCUT2D eigenvalue weighted by Crippen LogP contribution is -2.27. The number of hydrogen-bond donors (Lipinski definition) is 2. The summed E-state index contributed by atoms with van der Waals surface area (Å²) in [6, 6.07) is 11.8. The van der Waals surface area contributed by atoms with Gasteiger partial charge in [0.05, 0.1) is 5.02 Å². The number of rotatable bonds is 4. The number of fused-ring (bicyclic) bond motifs is 1. The van der Waals surface area contributed by atoms with Crippen LogP contribution in [0.5, 0.6) is 0 Å². The number of thiophene rings is 1. The predicted octanol–water partition coefficient (Wildman–Crippen LogP) is 4.26. The van der Waals surface area contributed by atoms with Crippen LogP contribution in [0.25, 0.3) is 11.0 Å². The molecule has 2 aromatic heterocycles. The Morgan fingerprint density at radius 1 is 1.35 bits per heavy atom. The Labute approximate surface area is 126 Å². The van der Waals surface area contributed by atoms with Crippen LogP contribution in [0.3, 0.4) is 0 Å². The van der Waals surface area contributed by atoms with Gasteiger partial charge in [0.15, 0.2) is 5.58 Å². The van der Waals surface area contributed by atoms with Gasteiger partial charge in [-0.15, -0.1) is 11.3 Å². The number of benzene rings is 1. The van der Waals surface area contributed by atoms with Crippen LogP contribution in [0, 0.1) is 0 Å². The molecule has 3 aromatic rings. The minimum atomic E-state index is -0.149. The summed E-state index contributed by atoms with van der Waals surface area (Å²) in [7, 11) is 0. The SMILES string of the molecule is CCc1ccc(C(NN)c2cc3cccc(Cl)c3o2)s1. The molecule has 3 nitrogen and oxygen atoms in total. The van der Waals surface area contributed by atoms with Gasteiger partial charge in [-0.3, -0.25) is 5.84 Å². The van der Waals surface area contributed by atoms with Crippen LogP contribution in [0.2, 0.25) is 5.02 Å². The van der Waals surface area contributed by atoms with E-state index in [1.807, 2.05) is 24.3 Å². The largest absolute Gasteiger partial charge is 0.457 e. The highest BCUT2D eigenvalue weighted by Gasteiger charge is 2.19. The van der Waals surface area contributed by atoms with Gasteiger partial charge in [0.25, 0.3) is 0 Å². The van der Waals surface area contributed by atoms with E-state index in [2.05, 4.69) is 24.5 Å². The van der Waals surface area contributed by atoms with Crippen molar-refractivity contribution in [2.24, 2.45) is 5.84 Å². The first kappa shape index (κ1) is 13.6. The molecule has 0 spiro atoms. The van der Waals surface area contributed by atoms with Crippen LogP contribution in [-0.2, 0) is 6.42 Å². The molecule has 0 bridgehead atoms. The van der Waals surface area contributed by atoms with E-state index >= 15 is 0 Å². The summed E-state index contributed by atoms with van der Waals surface area (Å²) in [5.41, 5.74) is 3.53. The second kappa shape index (κ2) is 5.58. The zero-order chi connectivity index (χ0) is 14.1. The van der Waals surface area contributed by atoms with Gasteiger partial charge in [-0.25, -0.2) is 5.43 Å². The highest BCUT2D eigenvalue weighted by atomic mass is 35.5. The van der Waals surface area contributed by atoms with Crippen LogP contribution >= 0.6 is 22.9 Å². The molecule has 104 valence electrons. The molecule has 0 amide bonds. The lowest BCUT2D eigenvalue weighted by atomic mass is 10.1. The molecule has 0 saturated heterocycles. The number of hydrazine groups is 1. The maximum Gasteiger partial charge on any atom is 0.152 e. The van der Waals surface area contributed by atoms with E-state index in [0.717, 1.165) is 22.4 Å². The first-order valence-corrected chi connectivity index (χ1v) is 7.65. The lowest BCUT2D eigenvalue weighted by molar-refractivity contribution is 0.481. The number of nitrogens with one attached hydrogen (secondary N) is 1. The number of furan rings is 1. The molecule has 0 aliphatic rings. The molecular formula is C15H15ClN2OS. The molecule has 3 rings (SSSR count). The van der Waals surface area contributed by atoms with Crippen molar-refractivity contribution < 1.29 is 4.42 Å². The maximum atomic E-state index is 6.15. The Hall–Kier alpha value is -1.33. The third kappa shape index (κ3) is 2.36. The van der Waals surface area contributed by atoms with Gasteiger partial charge in [0, 0.05) is 15.1 Å². The summed E-state index contributed by atoms with van der Waals surface area (Å²) in [6.45, 7) is 2.14. The average Bonchev–Trinajstić information content (AvgIpc) is 3.07. The molecule has 1 atom stereocenters. The molecule has 1 unspecified atom stereocenters. The van der Waals surface area contributed by atoms with Gasteiger partial charge in [-0.2, -0.15) is 0 Å². The number of halogens is 1. The smallest absolute Gasteiger partial charge is 0.152 e. The highest BCUT2D eigenvalue weighted by Crippen LogP contribution is 2.34. The van der Waals surface area contributed by atoms with Gasteiger partial charge < -0.3 is 4.42 Å².